The summed E-state index contributed by atoms with van der Waals surface area (Å²) in [5.41, 5.74) is -0.547. The van der Waals surface area contributed by atoms with Crippen LogP contribution in [0.15, 0.2) is 15.4 Å². The molecule has 2 N–H and O–H groups in total. The van der Waals surface area contributed by atoms with Crippen molar-refractivity contribution in [2.24, 2.45) is 5.14 Å². The van der Waals surface area contributed by atoms with E-state index in [-0.39, 0.29) is 15.1 Å². The SMILES string of the molecule is Cc1nc(C(F)F)cc(Br)c1S(N)(=O)=O. The molecule has 1 rings (SSSR count). The number of halogens is 3. The van der Waals surface area contributed by atoms with Crippen molar-refractivity contribution in [3.63, 3.8) is 0 Å². The van der Waals surface area contributed by atoms with E-state index in [2.05, 4.69) is 20.9 Å². The summed E-state index contributed by atoms with van der Waals surface area (Å²) in [6, 6.07) is 0.942. The van der Waals surface area contributed by atoms with E-state index in [4.69, 9.17) is 5.14 Å². The van der Waals surface area contributed by atoms with Crippen LogP contribution in [0.25, 0.3) is 0 Å². The summed E-state index contributed by atoms with van der Waals surface area (Å²) in [5.74, 6) is 0. The van der Waals surface area contributed by atoms with Crippen molar-refractivity contribution in [2.45, 2.75) is 18.2 Å². The molecule has 0 radical (unpaired) electrons. The van der Waals surface area contributed by atoms with Gasteiger partial charge >= 0.3 is 0 Å². The first kappa shape index (κ1) is 12.5. The molecule has 1 aromatic rings. The van der Waals surface area contributed by atoms with E-state index in [9.17, 15) is 17.2 Å². The minimum atomic E-state index is -3.96. The van der Waals surface area contributed by atoms with E-state index < -0.39 is 22.1 Å². The number of nitrogens with zero attached hydrogens (tertiary/aromatic N) is 1. The minimum absolute atomic E-state index is 0.00667. The van der Waals surface area contributed by atoms with Gasteiger partial charge < -0.3 is 0 Å². The molecule has 0 aliphatic rings. The lowest BCUT2D eigenvalue weighted by Gasteiger charge is -2.07. The minimum Gasteiger partial charge on any atom is -0.251 e. The number of hydrogen-bond donors (Lipinski definition) is 1. The van der Waals surface area contributed by atoms with E-state index in [1.807, 2.05) is 0 Å². The van der Waals surface area contributed by atoms with Crippen molar-refractivity contribution < 1.29 is 17.2 Å². The molecule has 0 unspecified atom stereocenters. The van der Waals surface area contributed by atoms with Crippen LogP contribution in [0.1, 0.15) is 17.8 Å². The Labute approximate surface area is 93.7 Å². The third-order valence-electron chi connectivity index (χ3n) is 1.63. The van der Waals surface area contributed by atoms with Crippen LogP contribution in [0.4, 0.5) is 8.78 Å². The summed E-state index contributed by atoms with van der Waals surface area (Å²) in [6.07, 6.45) is -2.76. The number of nitrogens with two attached hydrogens (primary N) is 1. The van der Waals surface area contributed by atoms with E-state index >= 15 is 0 Å². The van der Waals surface area contributed by atoms with Crippen LogP contribution in [0, 0.1) is 6.92 Å². The van der Waals surface area contributed by atoms with Crippen LogP contribution < -0.4 is 5.14 Å². The van der Waals surface area contributed by atoms with Crippen molar-refractivity contribution in [2.75, 3.05) is 0 Å². The number of alkyl halides is 2. The zero-order valence-corrected chi connectivity index (χ0v) is 9.94. The molecule has 0 bridgehead atoms. The number of hydrogen-bond acceptors (Lipinski definition) is 3. The molecular formula is C7H7BrF2N2O2S. The molecule has 4 nitrogen and oxygen atoms in total. The van der Waals surface area contributed by atoms with Gasteiger partial charge in [-0.1, -0.05) is 0 Å². The van der Waals surface area contributed by atoms with Crippen molar-refractivity contribution in [1.29, 1.82) is 0 Å². The molecule has 0 aliphatic carbocycles. The first-order valence-electron chi connectivity index (χ1n) is 3.71. The van der Waals surface area contributed by atoms with E-state index in [0.29, 0.717) is 0 Å². The first-order valence-corrected chi connectivity index (χ1v) is 6.05. The quantitative estimate of drug-likeness (QED) is 0.904. The van der Waals surface area contributed by atoms with Crippen LogP contribution in [0.5, 0.6) is 0 Å². The molecule has 15 heavy (non-hydrogen) atoms. The van der Waals surface area contributed by atoms with Crippen LogP contribution >= 0.6 is 15.9 Å². The number of pyridine rings is 1. The molecule has 0 spiro atoms. The monoisotopic (exact) mass is 300 g/mol. The van der Waals surface area contributed by atoms with Gasteiger partial charge in [-0.25, -0.2) is 22.3 Å². The Morgan fingerprint density at radius 2 is 2.07 bits per heavy atom. The Hall–Kier alpha value is -0.600. The Morgan fingerprint density at radius 1 is 1.53 bits per heavy atom. The highest BCUT2D eigenvalue weighted by Crippen LogP contribution is 2.27. The van der Waals surface area contributed by atoms with Crippen molar-refractivity contribution in [3.05, 3.63) is 21.9 Å². The largest absolute Gasteiger partial charge is 0.280 e. The first-order chi connectivity index (χ1) is 6.73. The summed E-state index contributed by atoms with van der Waals surface area (Å²) < 4.78 is 46.7. The van der Waals surface area contributed by atoms with E-state index in [1.54, 1.807) is 0 Å². The van der Waals surface area contributed by atoms with Crippen molar-refractivity contribution in [1.82, 2.24) is 4.98 Å². The summed E-state index contributed by atoms with van der Waals surface area (Å²) >= 11 is 2.87. The van der Waals surface area contributed by atoms with Crippen LogP contribution in [-0.2, 0) is 10.0 Å². The Bertz CT molecular complexity index is 467. The van der Waals surface area contributed by atoms with Gasteiger partial charge in [0.05, 0.1) is 5.69 Å². The van der Waals surface area contributed by atoms with Gasteiger partial charge in [0.15, 0.2) is 0 Å². The molecule has 0 fully saturated rings. The number of aromatic nitrogens is 1. The average Bonchev–Trinajstić information content (AvgIpc) is 1.99. The maximum atomic E-state index is 12.3. The molecular weight excluding hydrogens is 294 g/mol. The number of aryl methyl sites for hydroxylation is 1. The molecule has 0 aromatic carbocycles. The summed E-state index contributed by atoms with van der Waals surface area (Å²) in [4.78, 5) is 3.19. The fourth-order valence-corrected chi connectivity index (χ4v) is 3.08. The third kappa shape index (κ3) is 2.70. The summed E-state index contributed by atoms with van der Waals surface area (Å²) in [7, 11) is -3.96. The maximum Gasteiger partial charge on any atom is 0.280 e. The molecule has 0 saturated heterocycles. The van der Waals surface area contributed by atoms with Gasteiger partial charge in [-0.05, 0) is 28.9 Å². The molecule has 0 atom stereocenters. The average molecular weight is 301 g/mol. The zero-order valence-electron chi connectivity index (χ0n) is 7.54. The standard InChI is InChI=1S/C7H7BrF2N2O2S/c1-3-6(15(11,13)14)4(8)2-5(12-3)7(9)10/h2,7H,1H3,(H2,11,13,14). The van der Waals surface area contributed by atoms with Gasteiger partial charge in [0.25, 0.3) is 6.43 Å². The topological polar surface area (TPSA) is 73.0 Å². The Morgan fingerprint density at radius 3 is 2.40 bits per heavy atom. The highest BCUT2D eigenvalue weighted by atomic mass is 79.9. The second-order valence-corrected chi connectivity index (χ2v) is 5.14. The maximum absolute atomic E-state index is 12.3. The predicted molar refractivity (Wildman–Crippen MR) is 53.0 cm³/mol. The lowest BCUT2D eigenvalue weighted by atomic mass is 10.3. The molecule has 0 amide bonds. The fourth-order valence-electron chi connectivity index (χ4n) is 1.10. The molecule has 1 heterocycles. The van der Waals surface area contributed by atoms with Crippen LogP contribution in [0.3, 0.4) is 0 Å². The Kier molecular flexibility index (Phi) is 3.41. The second kappa shape index (κ2) is 4.11. The zero-order chi connectivity index (χ0) is 11.8. The number of sulfonamides is 1. The second-order valence-electron chi connectivity index (χ2n) is 2.79. The van der Waals surface area contributed by atoms with Gasteiger partial charge in [-0.15, -0.1) is 0 Å². The number of rotatable bonds is 2. The summed E-state index contributed by atoms with van der Waals surface area (Å²) in [6.45, 7) is 1.30. The molecule has 8 heteroatoms. The lowest BCUT2D eigenvalue weighted by molar-refractivity contribution is 0.145. The third-order valence-corrected chi connectivity index (χ3v) is 3.60. The van der Waals surface area contributed by atoms with Gasteiger partial charge in [-0.2, -0.15) is 0 Å². The fraction of sp³-hybridized carbons (Fsp3) is 0.286. The molecule has 1 aromatic heterocycles. The van der Waals surface area contributed by atoms with Crippen molar-refractivity contribution in [3.8, 4) is 0 Å². The smallest absolute Gasteiger partial charge is 0.251 e. The Balaban J connectivity index is 3.48. The van der Waals surface area contributed by atoms with Gasteiger partial charge in [-0.3, -0.25) is 4.98 Å². The predicted octanol–water partition coefficient (Wildman–Crippen LogP) is 1.74. The van der Waals surface area contributed by atoms with Gasteiger partial charge in [0, 0.05) is 4.47 Å². The van der Waals surface area contributed by atoms with E-state index in [0.717, 1.165) is 6.07 Å². The number of primary sulfonamides is 1. The summed E-state index contributed by atoms with van der Waals surface area (Å²) in [5, 5.41) is 4.90. The molecule has 0 aliphatic heterocycles. The van der Waals surface area contributed by atoms with Crippen LogP contribution in [-0.4, -0.2) is 13.4 Å². The van der Waals surface area contributed by atoms with Crippen LogP contribution in [0.2, 0.25) is 0 Å². The molecule has 0 saturated carbocycles. The van der Waals surface area contributed by atoms with E-state index in [1.165, 1.54) is 6.92 Å². The van der Waals surface area contributed by atoms with Gasteiger partial charge in [0.1, 0.15) is 10.6 Å². The lowest BCUT2D eigenvalue weighted by Crippen LogP contribution is -2.15. The highest BCUT2D eigenvalue weighted by molar-refractivity contribution is 9.10. The molecule has 84 valence electrons. The normalized spacial score (nSPS) is 12.1. The van der Waals surface area contributed by atoms with Crippen molar-refractivity contribution >= 4 is 26.0 Å². The highest BCUT2D eigenvalue weighted by Gasteiger charge is 2.20. The van der Waals surface area contributed by atoms with Gasteiger partial charge in [0.2, 0.25) is 10.0 Å².